The quantitative estimate of drug-likeness (QED) is 0.914. The van der Waals surface area contributed by atoms with Gasteiger partial charge in [0.25, 0.3) is 0 Å². The van der Waals surface area contributed by atoms with Crippen molar-refractivity contribution >= 4 is 10.9 Å². The zero-order valence-electron chi connectivity index (χ0n) is 11.0. The molecule has 0 saturated carbocycles. The second kappa shape index (κ2) is 5.97. The molecule has 19 heavy (non-hydrogen) atoms. The number of para-hydroxylation sites is 1. The maximum absolute atomic E-state index is 5.65. The summed E-state index contributed by atoms with van der Waals surface area (Å²) >= 11 is 0. The molecule has 0 radical (unpaired) electrons. The van der Waals surface area contributed by atoms with Crippen molar-refractivity contribution in [3.8, 4) is 6.01 Å². The van der Waals surface area contributed by atoms with Crippen molar-refractivity contribution in [3.63, 3.8) is 0 Å². The van der Waals surface area contributed by atoms with Crippen molar-refractivity contribution in [2.24, 2.45) is 0 Å². The molecule has 100 valence electrons. The summed E-state index contributed by atoms with van der Waals surface area (Å²) in [4.78, 5) is 8.64. The molecule has 4 heteroatoms. The second-order valence-electron chi connectivity index (χ2n) is 5.00. The Balaban J connectivity index is 1.56. The molecule has 2 aromatic rings. The zero-order chi connectivity index (χ0) is 12.9. The molecule has 1 saturated heterocycles. The fourth-order valence-electron chi connectivity index (χ4n) is 2.49. The number of rotatable bonds is 4. The number of hydrogen-bond donors (Lipinski definition) is 1. The van der Waals surface area contributed by atoms with Gasteiger partial charge in [-0.05, 0) is 31.9 Å². The van der Waals surface area contributed by atoms with Gasteiger partial charge in [0.2, 0.25) is 0 Å². The number of benzene rings is 1. The molecule has 0 amide bonds. The predicted octanol–water partition coefficient (Wildman–Crippen LogP) is 2.54. The highest BCUT2D eigenvalue weighted by Crippen LogP contribution is 2.14. The smallest absolute Gasteiger partial charge is 0.316 e. The number of ether oxygens (including phenoxy) is 1. The summed E-state index contributed by atoms with van der Waals surface area (Å²) in [5.41, 5.74) is 0.934. The average Bonchev–Trinajstić information content (AvgIpc) is 2.48. The Labute approximate surface area is 113 Å². The standard InChI is InChI=1S/C15H19N3O/c1-2-7-14-12(5-1)11-17-15(18-14)19-10-8-13-6-3-4-9-16-13/h1-2,5,7,11,13,16H,3-4,6,8-10H2. The van der Waals surface area contributed by atoms with Crippen LogP contribution < -0.4 is 10.1 Å². The molecule has 0 aliphatic carbocycles. The summed E-state index contributed by atoms with van der Waals surface area (Å²) in [6, 6.07) is 9.02. The minimum Gasteiger partial charge on any atom is -0.463 e. The van der Waals surface area contributed by atoms with Crippen molar-refractivity contribution < 1.29 is 4.74 Å². The number of piperidine rings is 1. The normalized spacial score (nSPS) is 19.5. The predicted molar refractivity (Wildman–Crippen MR) is 75.3 cm³/mol. The van der Waals surface area contributed by atoms with Gasteiger partial charge in [0.05, 0.1) is 12.1 Å². The molecule has 4 nitrogen and oxygen atoms in total. The highest BCUT2D eigenvalue weighted by Gasteiger charge is 2.12. The summed E-state index contributed by atoms with van der Waals surface area (Å²) in [5, 5.41) is 4.56. The SMILES string of the molecule is c1ccc2nc(OCCC3CCCCN3)ncc2c1. The zero-order valence-corrected chi connectivity index (χ0v) is 11.0. The van der Waals surface area contributed by atoms with E-state index in [2.05, 4.69) is 15.3 Å². The lowest BCUT2D eigenvalue weighted by atomic mass is 10.0. The van der Waals surface area contributed by atoms with Gasteiger partial charge in [-0.1, -0.05) is 24.6 Å². The summed E-state index contributed by atoms with van der Waals surface area (Å²) in [5.74, 6) is 0. The minimum absolute atomic E-state index is 0.481. The average molecular weight is 257 g/mol. The van der Waals surface area contributed by atoms with Crippen LogP contribution in [0.1, 0.15) is 25.7 Å². The molecular formula is C15H19N3O. The highest BCUT2D eigenvalue weighted by molar-refractivity contribution is 5.77. The van der Waals surface area contributed by atoms with Crippen molar-refractivity contribution in [2.45, 2.75) is 31.7 Å². The maximum Gasteiger partial charge on any atom is 0.316 e. The third kappa shape index (κ3) is 3.20. The molecule has 0 bridgehead atoms. The molecule has 3 rings (SSSR count). The first-order valence-corrected chi connectivity index (χ1v) is 7.00. The lowest BCUT2D eigenvalue weighted by Crippen LogP contribution is -2.35. The number of nitrogens with one attached hydrogen (secondary N) is 1. The fraction of sp³-hybridized carbons (Fsp3) is 0.467. The largest absolute Gasteiger partial charge is 0.463 e. The van der Waals surface area contributed by atoms with Crippen molar-refractivity contribution in [1.82, 2.24) is 15.3 Å². The van der Waals surface area contributed by atoms with E-state index in [-0.39, 0.29) is 0 Å². The van der Waals surface area contributed by atoms with E-state index in [4.69, 9.17) is 4.74 Å². The van der Waals surface area contributed by atoms with Crippen molar-refractivity contribution in [2.75, 3.05) is 13.2 Å². The Morgan fingerprint density at radius 1 is 1.26 bits per heavy atom. The van der Waals surface area contributed by atoms with Crippen LogP contribution in [0.25, 0.3) is 10.9 Å². The molecule has 1 unspecified atom stereocenters. The third-order valence-corrected chi connectivity index (χ3v) is 3.58. The lowest BCUT2D eigenvalue weighted by molar-refractivity contribution is 0.253. The number of fused-ring (bicyclic) bond motifs is 1. The van der Waals surface area contributed by atoms with Gasteiger partial charge in [-0.2, -0.15) is 4.98 Å². The maximum atomic E-state index is 5.65. The Kier molecular flexibility index (Phi) is 3.89. The highest BCUT2D eigenvalue weighted by atomic mass is 16.5. The molecule has 1 fully saturated rings. The first-order valence-electron chi connectivity index (χ1n) is 7.00. The van der Waals surface area contributed by atoms with Gasteiger partial charge in [0.15, 0.2) is 0 Å². The summed E-state index contributed by atoms with van der Waals surface area (Å²) in [6.07, 6.45) is 6.71. The van der Waals surface area contributed by atoms with E-state index in [0.717, 1.165) is 23.9 Å². The molecular weight excluding hydrogens is 238 g/mol. The molecule has 1 N–H and O–H groups in total. The monoisotopic (exact) mass is 257 g/mol. The van der Waals surface area contributed by atoms with Gasteiger partial charge in [0, 0.05) is 17.6 Å². The first-order chi connectivity index (χ1) is 9.42. The second-order valence-corrected chi connectivity index (χ2v) is 5.00. The van der Waals surface area contributed by atoms with Gasteiger partial charge >= 0.3 is 6.01 Å². The van der Waals surface area contributed by atoms with Gasteiger partial charge < -0.3 is 10.1 Å². The van der Waals surface area contributed by atoms with E-state index in [0.29, 0.717) is 18.7 Å². The number of hydrogen-bond acceptors (Lipinski definition) is 4. The molecule has 1 atom stereocenters. The van der Waals surface area contributed by atoms with Crippen LogP contribution in [0.5, 0.6) is 6.01 Å². The third-order valence-electron chi connectivity index (χ3n) is 3.58. The molecule has 0 spiro atoms. The van der Waals surface area contributed by atoms with Crippen LogP contribution in [0.4, 0.5) is 0 Å². The van der Waals surface area contributed by atoms with E-state index < -0.39 is 0 Å². The molecule has 1 aliphatic rings. The van der Waals surface area contributed by atoms with Gasteiger partial charge in [-0.25, -0.2) is 4.98 Å². The van der Waals surface area contributed by atoms with Crippen LogP contribution in [0.2, 0.25) is 0 Å². The van der Waals surface area contributed by atoms with Gasteiger partial charge in [0.1, 0.15) is 0 Å². The lowest BCUT2D eigenvalue weighted by Gasteiger charge is -2.23. The van der Waals surface area contributed by atoms with Crippen LogP contribution in [0.15, 0.2) is 30.5 Å². The first kappa shape index (κ1) is 12.4. The van der Waals surface area contributed by atoms with E-state index >= 15 is 0 Å². The van der Waals surface area contributed by atoms with Gasteiger partial charge in [-0.3, -0.25) is 0 Å². The molecule has 1 aliphatic heterocycles. The van der Waals surface area contributed by atoms with Crippen molar-refractivity contribution in [1.29, 1.82) is 0 Å². The minimum atomic E-state index is 0.481. The Hall–Kier alpha value is -1.68. The Bertz CT molecular complexity index is 538. The molecule has 1 aromatic carbocycles. The van der Waals surface area contributed by atoms with E-state index in [9.17, 15) is 0 Å². The van der Waals surface area contributed by atoms with Crippen LogP contribution in [0, 0.1) is 0 Å². The number of nitrogens with zero attached hydrogens (tertiary/aromatic N) is 2. The summed E-state index contributed by atoms with van der Waals surface area (Å²) < 4.78 is 5.65. The fourth-order valence-corrected chi connectivity index (χ4v) is 2.49. The Morgan fingerprint density at radius 2 is 2.21 bits per heavy atom. The van der Waals surface area contributed by atoms with E-state index in [1.807, 2.05) is 30.5 Å². The van der Waals surface area contributed by atoms with Crippen LogP contribution in [-0.4, -0.2) is 29.2 Å². The summed E-state index contributed by atoms with van der Waals surface area (Å²) in [6.45, 7) is 1.81. The van der Waals surface area contributed by atoms with E-state index in [1.54, 1.807) is 0 Å². The topological polar surface area (TPSA) is 47.0 Å². The molecule has 1 aromatic heterocycles. The van der Waals surface area contributed by atoms with Crippen molar-refractivity contribution in [3.05, 3.63) is 30.5 Å². The summed E-state index contributed by atoms with van der Waals surface area (Å²) in [7, 11) is 0. The molecule has 2 heterocycles. The van der Waals surface area contributed by atoms with Crippen LogP contribution >= 0.6 is 0 Å². The van der Waals surface area contributed by atoms with Gasteiger partial charge in [-0.15, -0.1) is 0 Å². The van der Waals surface area contributed by atoms with E-state index in [1.165, 1.54) is 19.3 Å². The Morgan fingerprint density at radius 3 is 3.11 bits per heavy atom. The van der Waals surface area contributed by atoms with Crippen LogP contribution in [0.3, 0.4) is 0 Å². The van der Waals surface area contributed by atoms with Crippen LogP contribution in [-0.2, 0) is 0 Å². The number of aromatic nitrogens is 2.